The van der Waals surface area contributed by atoms with Crippen LogP contribution in [0, 0.1) is 0 Å². The molecular formula is C17H32NS. The van der Waals surface area contributed by atoms with Crippen LogP contribution in [0.2, 0.25) is 0 Å². The molecule has 0 aliphatic heterocycles. The van der Waals surface area contributed by atoms with Crippen LogP contribution >= 0.6 is 11.8 Å². The zero-order valence-corrected chi connectivity index (χ0v) is 13.6. The van der Waals surface area contributed by atoms with E-state index in [1.807, 2.05) is 6.08 Å². The van der Waals surface area contributed by atoms with E-state index in [4.69, 9.17) is 0 Å². The molecule has 0 bridgehead atoms. The van der Waals surface area contributed by atoms with Gasteiger partial charge in [-0.25, -0.2) is 0 Å². The average molecular weight is 283 g/mol. The van der Waals surface area contributed by atoms with Crippen molar-refractivity contribution in [1.29, 1.82) is 0 Å². The van der Waals surface area contributed by atoms with Crippen molar-refractivity contribution in [3.05, 3.63) is 12.7 Å². The first-order valence-corrected chi connectivity index (χ1v) is 9.04. The van der Waals surface area contributed by atoms with Gasteiger partial charge in [0.25, 0.3) is 0 Å². The zero-order valence-electron chi connectivity index (χ0n) is 12.8. The Bertz CT molecular complexity index is 201. The van der Waals surface area contributed by atoms with Gasteiger partial charge >= 0.3 is 0 Å². The summed E-state index contributed by atoms with van der Waals surface area (Å²) in [5.41, 5.74) is 3.04. The van der Waals surface area contributed by atoms with Gasteiger partial charge in [0.2, 0.25) is 0 Å². The molecule has 0 amide bonds. The molecule has 0 aliphatic carbocycles. The van der Waals surface area contributed by atoms with Crippen LogP contribution in [0.4, 0.5) is 0 Å². The third-order valence-electron chi connectivity index (χ3n) is 3.18. The number of unbranched alkanes of at least 4 members (excludes halogenated alkanes) is 9. The SMILES string of the molecule is C=CCCS[C]=NCCCCCCCCCCCC. The molecule has 0 unspecified atom stereocenters. The smallest absolute Gasteiger partial charge is 0.122 e. The van der Waals surface area contributed by atoms with Crippen LogP contribution in [0.25, 0.3) is 0 Å². The number of thioether (sulfide) groups is 1. The van der Waals surface area contributed by atoms with Gasteiger partial charge in [0.1, 0.15) is 5.55 Å². The normalized spacial score (nSPS) is 11.2. The fourth-order valence-corrected chi connectivity index (χ4v) is 2.52. The van der Waals surface area contributed by atoms with Gasteiger partial charge in [-0.15, -0.1) is 18.3 Å². The summed E-state index contributed by atoms with van der Waals surface area (Å²) in [5, 5.41) is 0. The summed E-state index contributed by atoms with van der Waals surface area (Å²) in [6, 6.07) is 0. The Kier molecular flexibility index (Phi) is 17.5. The molecule has 0 rings (SSSR count). The van der Waals surface area contributed by atoms with E-state index in [9.17, 15) is 0 Å². The van der Waals surface area contributed by atoms with E-state index >= 15 is 0 Å². The van der Waals surface area contributed by atoms with Gasteiger partial charge in [0.15, 0.2) is 0 Å². The molecule has 0 aliphatic rings. The maximum absolute atomic E-state index is 4.29. The molecule has 0 saturated heterocycles. The molecule has 1 nitrogen and oxygen atoms in total. The zero-order chi connectivity index (χ0) is 14.0. The highest BCUT2D eigenvalue weighted by atomic mass is 32.2. The summed E-state index contributed by atoms with van der Waals surface area (Å²) in [7, 11) is 0. The monoisotopic (exact) mass is 282 g/mol. The van der Waals surface area contributed by atoms with Gasteiger partial charge in [-0.05, 0) is 12.8 Å². The Morgan fingerprint density at radius 2 is 1.53 bits per heavy atom. The molecule has 0 N–H and O–H groups in total. The molecule has 0 aromatic carbocycles. The van der Waals surface area contributed by atoms with Gasteiger partial charge in [0, 0.05) is 12.3 Å². The van der Waals surface area contributed by atoms with E-state index in [-0.39, 0.29) is 0 Å². The Morgan fingerprint density at radius 3 is 2.11 bits per heavy atom. The van der Waals surface area contributed by atoms with Crippen molar-refractivity contribution >= 4 is 17.3 Å². The molecule has 1 radical (unpaired) electrons. The van der Waals surface area contributed by atoms with Crippen LogP contribution < -0.4 is 0 Å². The van der Waals surface area contributed by atoms with Crippen molar-refractivity contribution in [1.82, 2.24) is 0 Å². The molecule has 19 heavy (non-hydrogen) atoms. The van der Waals surface area contributed by atoms with Crippen molar-refractivity contribution in [2.75, 3.05) is 12.3 Å². The molecule has 2 heteroatoms. The van der Waals surface area contributed by atoms with Gasteiger partial charge in [-0.1, -0.05) is 70.8 Å². The number of hydrogen-bond donors (Lipinski definition) is 0. The summed E-state index contributed by atoms with van der Waals surface area (Å²) in [5.74, 6) is 1.06. The molecular weight excluding hydrogens is 250 g/mol. The van der Waals surface area contributed by atoms with E-state index in [2.05, 4.69) is 24.0 Å². The van der Waals surface area contributed by atoms with Crippen LogP contribution in [0.15, 0.2) is 17.6 Å². The lowest BCUT2D eigenvalue weighted by Gasteiger charge is -2.01. The van der Waals surface area contributed by atoms with Crippen molar-refractivity contribution in [2.24, 2.45) is 4.99 Å². The van der Waals surface area contributed by atoms with Crippen molar-refractivity contribution < 1.29 is 0 Å². The predicted molar refractivity (Wildman–Crippen MR) is 91.4 cm³/mol. The first kappa shape index (κ1) is 18.8. The molecule has 0 saturated carbocycles. The summed E-state index contributed by atoms with van der Waals surface area (Å²) in [6.45, 7) is 6.92. The summed E-state index contributed by atoms with van der Waals surface area (Å²) >= 11 is 1.67. The molecule has 0 fully saturated rings. The second kappa shape index (κ2) is 17.8. The predicted octanol–water partition coefficient (Wildman–Crippen LogP) is 6.12. The fraction of sp³-hybridized carbons (Fsp3) is 0.824. The molecule has 0 spiro atoms. The quantitative estimate of drug-likeness (QED) is 0.152. The van der Waals surface area contributed by atoms with Gasteiger partial charge < -0.3 is 0 Å². The highest BCUT2D eigenvalue weighted by molar-refractivity contribution is 8.12. The molecule has 0 heterocycles. The van der Waals surface area contributed by atoms with Gasteiger partial charge in [-0.3, -0.25) is 4.99 Å². The largest absolute Gasteiger partial charge is 0.276 e. The van der Waals surface area contributed by atoms with Crippen molar-refractivity contribution in [2.45, 2.75) is 77.6 Å². The van der Waals surface area contributed by atoms with E-state index < -0.39 is 0 Å². The van der Waals surface area contributed by atoms with E-state index in [1.54, 1.807) is 11.8 Å². The summed E-state index contributed by atoms with van der Waals surface area (Å²) < 4.78 is 0. The maximum atomic E-state index is 4.29. The topological polar surface area (TPSA) is 12.4 Å². The number of rotatable bonds is 15. The average Bonchev–Trinajstić information content (AvgIpc) is 2.43. The lowest BCUT2D eigenvalue weighted by Crippen LogP contribution is -1.85. The number of hydrogen-bond acceptors (Lipinski definition) is 2. The molecule has 0 aromatic heterocycles. The van der Waals surface area contributed by atoms with Crippen molar-refractivity contribution in [3.8, 4) is 0 Å². The Hall–Kier alpha value is -0.240. The minimum Gasteiger partial charge on any atom is -0.276 e. The van der Waals surface area contributed by atoms with Gasteiger partial charge in [0.05, 0.1) is 0 Å². The first-order valence-electron chi connectivity index (χ1n) is 8.06. The van der Waals surface area contributed by atoms with E-state index in [1.165, 1.54) is 64.2 Å². The highest BCUT2D eigenvalue weighted by Crippen LogP contribution is 2.10. The van der Waals surface area contributed by atoms with E-state index in [0.717, 1.165) is 18.7 Å². The third kappa shape index (κ3) is 17.8. The number of aliphatic imine (C=N–C) groups is 1. The summed E-state index contributed by atoms with van der Waals surface area (Å²) in [4.78, 5) is 4.29. The Morgan fingerprint density at radius 1 is 0.947 bits per heavy atom. The number of allylic oxidation sites excluding steroid dienone is 1. The standard InChI is InChI=1S/C17H32NS/c1-3-5-7-8-9-10-11-12-13-14-15-18-17-19-16-6-4-2/h4H,2-3,5-16H2,1H3. The van der Waals surface area contributed by atoms with Gasteiger partial charge in [-0.2, -0.15) is 0 Å². The van der Waals surface area contributed by atoms with Crippen LogP contribution in [-0.4, -0.2) is 17.8 Å². The minimum absolute atomic E-state index is 0.956. The molecule has 0 atom stereocenters. The third-order valence-corrected chi connectivity index (χ3v) is 3.87. The van der Waals surface area contributed by atoms with Crippen LogP contribution in [0.5, 0.6) is 0 Å². The summed E-state index contributed by atoms with van der Waals surface area (Å²) in [6.07, 6.45) is 16.8. The highest BCUT2D eigenvalue weighted by Gasteiger charge is 1.92. The minimum atomic E-state index is 0.956. The molecule has 111 valence electrons. The molecule has 0 aromatic rings. The Labute approximate surface area is 125 Å². The first-order chi connectivity index (χ1) is 9.41. The van der Waals surface area contributed by atoms with E-state index in [0.29, 0.717) is 0 Å². The second-order valence-corrected chi connectivity index (χ2v) is 5.96. The lowest BCUT2D eigenvalue weighted by atomic mass is 10.1. The van der Waals surface area contributed by atoms with Crippen LogP contribution in [-0.2, 0) is 0 Å². The Balaban J connectivity index is 3.00. The number of nitrogens with zero attached hydrogens (tertiary/aromatic N) is 1. The second-order valence-electron chi connectivity index (χ2n) is 5.08. The maximum Gasteiger partial charge on any atom is 0.122 e. The lowest BCUT2D eigenvalue weighted by molar-refractivity contribution is 0.558. The van der Waals surface area contributed by atoms with Crippen molar-refractivity contribution in [3.63, 3.8) is 0 Å². The fourth-order valence-electron chi connectivity index (χ4n) is 1.96. The van der Waals surface area contributed by atoms with Crippen LogP contribution in [0.1, 0.15) is 77.6 Å². The van der Waals surface area contributed by atoms with Crippen LogP contribution in [0.3, 0.4) is 0 Å².